The number of amides is 1. The monoisotopic (exact) mass is 311 g/mol. The number of nitro groups is 1. The van der Waals surface area contributed by atoms with E-state index in [1.165, 1.54) is 43.3 Å². The van der Waals surface area contributed by atoms with Crippen LogP contribution in [0.5, 0.6) is 0 Å². The van der Waals surface area contributed by atoms with E-state index in [1.807, 2.05) is 0 Å². The van der Waals surface area contributed by atoms with Gasteiger partial charge in [0.2, 0.25) is 0 Å². The first kappa shape index (κ1) is 16.5. The molecule has 112 valence electrons. The van der Waals surface area contributed by atoms with Crippen LogP contribution in [-0.4, -0.2) is 47.5 Å². The summed E-state index contributed by atoms with van der Waals surface area (Å²) in [4.78, 5) is 34.6. The quantitative estimate of drug-likeness (QED) is 0.378. The molecule has 1 N–H and O–H groups in total. The molecular weight excluding hydrogens is 298 g/mol. The molecule has 0 atom stereocenters. The Hall–Kier alpha value is -2.55. The summed E-state index contributed by atoms with van der Waals surface area (Å²) in [6.45, 7) is -0.146. The Morgan fingerprint density at radius 1 is 1.43 bits per heavy atom. The first-order valence-electron chi connectivity index (χ1n) is 5.73. The van der Waals surface area contributed by atoms with Crippen LogP contribution in [0.15, 0.2) is 24.3 Å². The SMILES string of the molecule is COC(=O)CN(C)C(=S)NC(=O)c1ccccc1[N+](=O)[O-]. The van der Waals surface area contributed by atoms with Crippen LogP contribution in [0.25, 0.3) is 0 Å². The Balaban J connectivity index is 2.80. The number of methoxy groups -OCH3 is 1. The normalized spacial score (nSPS) is 9.62. The van der Waals surface area contributed by atoms with Gasteiger partial charge in [0, 0.05) is 13.1 Å². The van der Waals surface area contributed by atoms with E-state index >= 15 is 0 Å². The third kappa shape index (κ3) is 4.49. The molecule has 21 heavy (non-hydrogen) atoms. The number of thiocarbonyl (C=S) groups is 1. The lowest BCUT2D eigenvalue weighted by Gasteiger charge is -2.18. The number of likely N-dealkylation sites (N-methyl/N-ethyl adjacent to an activating group) is 1. The zero-order chi connectivity index (χ0) is 16.0. The Morgan fingerprint density at radius 3 is 2.62 bits per heavy atom. The van der Waals surface area contributed by atoms with Gasteiger partial charge in [-0.1, -0.05) is 12.1 Å². The molecule has 9 heteroatoms. The number of nitrogens with zero attached hydrogens (tertiary/aromatic N) is 2. The third-order valence-corrected chi connectivity index (χ3v) is 2.92. The number of carbonyl (C=O) groups is 2. The largest absolute Gasteiger partial charge is 0.468 e. The van der Waals surface area contributed by atoms with Crippen molar-refractivity contribution in [3.05, 3.63) is 39.9 Å². The molecule has 0 unspecified atom stereocenters. The van der Waals surface area contributed by atoms with Gasteiger partial charge in [-0.25, -0.2) is 0 Å². The number of nitro benzene ring substituents is 1. The number of rotatable bonds is 4. The summed E-state index contributed by atoms with van der Waals surface area (Å²) in [6.07, 6.45) is 0. The number of nitrogens with one attached hydrogen (secondary N) is 1. The van der Waals surface area contributed by atoms with Crippen LogP contribution in [0.3, 0.4) is 0 Å². The Bertz CT molecular complexity index is 590. The molecule has 0 fully saturated rings. The van der Waals surface area contributed by atoms with E-state index in [2.05, 4.69) is 10.1 Å². The number of hydrogen-bond donors (Lipinski definition) is 1. The van der Waals surface area contributed by atoms with Crippen molar-refractivity contribution in [3.8, 4) is 0 Å². The van der Waals surface area contributed by atoms with Crippen LogP contribution in [0.4, 0.5) is 5.69 Å². The molecule has 0 spiro atoms. The lowest BCUT2D eigenvalue weighted by molar-refractivity contribution is -0.385. The van der Waals surface area contributed by atoms with Crippen LogP contribution in [-0.2, 0) is 9.53 Å². The molecular formula is C12H13N3O5S. The highest BCUT2D eigenvalue weighted by molar-refractivity contribution is 7.80. The Morgan fingerprint density at radius 2 is 2.05 bits per heavy atom. The van der Waals surface area contributed by atoms with E-state index in [1.54, 1.807) is 0 Å². The van der Waals surface area contributed by atoms with Crippen molar-refractivity contribution in [2.75, 3.05) is 20.7 Å². The Labute approximate surface area is 125 Å². The first-order valence-corrected chi connectivity index (χ1v) is 6.14. The molecule has 0 saturated carbocycles. The van der Waals surface area contributed by atoms with Crippen LogP contribution in [0.1, 0.15) is 10.4 Å². The van der Waals surface area contributed by atoms with Crippen molar-refractivity contribution < 1.29 is 19.2 Å². The lowest BCUT2D eigenvalue weighted by Crippen LogP contribution is -2.43. The van der Waals surface area contributed by atoms with E-state index < -0.39 is 16.8 Å². The molecule has 0 saturated heterocycles. The summed E-state index contributed by atoms with van der Waals surface area (Å²) >= 11 is 4.94. The summed E-state index contributed by atoms with van der Waals surface area (Å²) in [5.41, 5.74) is -0.440. The maximum atomic E-state index is 12.0. The number of para-hydroxylation sites is 1. The van der Waals surface area contributed by atoms with Gasteiger partial charge in [-0.05, 0) is 18.3 Å². The number of benzene rings is 1. The molecule has 0 aliphatic carbocycles. The van der Waals surface area contributed by atoms with E-state index in [9.17, 15) is 19.7 Å². The third-order valence-electron chi connectivity index (χ3n) is 2.51. The zero-order valence-corrected chi connectivity index (χ0v) is 12.2. The molecule has 0 aromatic heterocycles. The van der Waals surface area contributed by atoms with Gasteiger partial charge in [0.25, 0.3) is 11.6 Å². The van der Waals surface area contributed by atoms with Crippen molar-refractivity contribution in [2.45, 2.75) is 0 Å². The second kappa shape index (κ2) is 7.29. The molecule has 8 nitrogen and oxygen atoms in total. The fraction of sp³-hybridized carbons (Fsp3) is 0.250. The van der Waals surface area contributed by atoms with E-state index in [0.29, 0.717) is 0 Å². The summed E-state index contributed by atoms with van der Waals surface area (Å²) < 4.78 is 4.47. The highest BCUT2D eigenvalue weighted by Gasteiger charge is 2.21. The minimum atomic E-state index is -0.719. The zero-order valence-electron chi connectivity index (χ0n) is 11.4. The maximum absolute atomic E-state index is 12.0. The van der Waals surface area contributed by atoms with Crippen LogP contribution >= 0.6 is 12.2 Å². The topological polar surface area (TPSA) is 102 Å². The van der Waals surface area contributed by atoms with Crippen molar-refractivity contribution in [3.63, 3.8) is 0 Å². The summed E-state index contributed by atoms with van der Waals surface area (Å²) in [5.74, 6) is -1.25. The van der Waals surface area contributed by atoms with Gasteiger partial charge >= 0.3 is 5.97 Å². The average Bonchev–Trinajstić information content (AvgIpc) is 2.46. The average molecular weight is 311 g/mol. The molecule has 0 aliphatic rings. The van der Waals surface area contributed by atoms with Gasteiger partial charge in [-0.2, -0.15) is 0 Å². The van der Waals surface area contributed by atoms with E-state index in [-0.39, 0.29) is 22.9 Å². The van der Waals surface area contributed by atoms with Crippen LogP contribution < -0.4 is 5.32 Å². The smallest absolute Gasteiger partial charge is 0.325 e. The molecule has 0 bridgehead atoms. The Kier molecular flexibility index (Phi) is 5.73. The fourth-order valence-electron chi connectivity index (χ4n) is 1.41. The van der Waals surface area contributed by atoms with Gasteiger partial charge in [-0.3, -0.25) is 25.0 Å². The van der Waals surface area contributed by atoms with Gasteiger partial charge in [0.1, 0.15) is 12.1 Å². The van der Waals surface area contributed by atoms with Crippen molar-refractivity contribution in [2.24, 2.45) is 0 Å². The molecule has 1 amide bonds. The predicted octanol–water partition coefficient (Wildman–Crippen LogP) is 0.714. The van der Waals surface area contributed by atoms with E-state index in [4.69, 9.17) is 12.2 Å². The summed E-state index contributed by atoms with van der Waals surface area (Å²) in [5, 5.41) is 13.1. The van der Waals surface area contributed by atoms with Gasteiger partial charge in [-0.15, -0.1) is 0 Å². The van der Waals surface area contributed by atoms with Crippen molar-refractivity contribution in [1.82, 2.24) is 10.2 Å². The number of ether oxygens (including phenoxy) is 1. The van der Waals surface area contributed by atoms with Crippen LogP contribution in [0, 0.1) is 10.1 Å². The molecule has 1 rings (SSSR count). The van der Waals surface area contributed by atoms with E-state index in [0.717, 1.165) is 0 Å². The first-order chi connectivity index (χ1) is 9.86. The van der Waals surface area contributed by atoms with Crippen molar-refractivity contribution in [1.29, 1.82) is 0 Å². The molecule has 0 radical (unpaired) electrons. The van der Waals surface area contributed by atoms with Gasteiger partial charge in [0.05, 0.1) is 12.0 Å². The van der Waals surface area contributed by atoms with Crippen molar-refractivity contribution >= 4 is 34.9 Å². The summed E-state index contributed by atoms with van der Waals surface area (Å²) in [7, 11) is 2.71. The minimum absolute atomic E-state index is 0.0384. The highest BCUT2D eigenvalue weighted by atomic mass is 32.1. The van der Waals surface area contributed by atoms with Gasteiger partial charge < -0.3 is 9.64 Å². The second-order valence-corrected chi connectivity index (χ2v) is 4.35. The molecule has 1 aromatic carbocycles. The number of hydrogen-bond acceptors (Lipinski definition) is 6. The molecule has 0 aliphatic heterocycles. The standard InChI is InChI=1S/C12H13N3O5S/c1-14(7-10(16)20-2)12(21)13-11(17)8-5-3-4-6-9(8)15(18)19/h3-6H,7H2,1-2H3,(H,13,17,21). The molecule has 1 aromatic rings. The van der Waals surface area contributed by atoms with Gasteiger partial charge in [0.15, 0.2) is 5.11 Å². The van der Waals surface area contributed by atoms with Crippen LogP contribution in [0.2, 0.25) is 0 Å². The maximum Gasteiger partial charge on any atom is 0.325 e. The predicted molar refractivity (Wildman–Crippen MR) is 77.8 cm³/mol. The lowest BCUT2D eigenvalue weighted by atomic mass is 10.1. The highest BCUT2D eigenvalue weighted by Crippen LogP contribution is 2.17. The second-order valence-electron chi connectivity index (χ2n) is 3.97. The number of carbonyl (C=O) groups excluding carboxylic acids is 2. The number of esters is 1. The minimum Gasteiger partial charge on any atom is -0.468 e. The fourth-order valence-corrected chi connectivity index (χ4v) is 1.57. The summed E-state index contributed by atoms with van der Waals surface area (Å²) in [6, 6.07) is 5.49. The molecule has 0 heterocycles.